The van der Waals surface area contributed by atoms with Gasteiger partial charge in [0.25, 0.3) is 0 Å². The number of ether oxygens (including phenoxy) is 3. The smallest absolute Gasteiger partial charge is 0.447 e. The normalized spacial score (nSPS) is 17.4. The molecule has 0 bridgehead atoms. The van der Waals surface area contributed by atoms with Gasteiger partial charge in [-0.3, -0.25) is 13.6 Å². The molecule has 59 heavy (non-hydrogen) atoms. The first-order chi connectivity index (χ1) is 28.4. The first-order valence-electron chi connectivity index (χ1n) is 17.9. The molecule has 0 N–H and O–H groups in total. The molecule has 2 atom stereocenters. The largest absolute Gasteiger partial charge is 0.475 e. The van der Waals surface area contributed by atoms with Gasteiger partial charge in [0.15, 0.2) is 11.9 Å². The third-order valence-electron chi connectivity index (χ3n) is 8.66. The second-order valence-electron chi connectivity index (χ2n) is 12.7. The Bertz CT molecular complexity index is 2240. The first-order valence-corrected chi connectivity index (χ1v) is 20.7. The standard InChI is InChI=1S/C41H39ClF3N4O8PS/c1-4-17-54-58(51,55-18-5-2)56-24-34-33(10-8-11-36(34)42)40(50)57-41(25-49-27-47-26-48-49,35-16-15-31(43)20-38(35)45)28(3)59-32-22-52-39(53-23-32)12-7-6-9-30-14-13-29(21-46)19-37(30)44/h4-16,19-20,26-28,32,39H,1-2,17-18,22-25H2,3H3/b9-6+,12-7+/t28-,32?,39?,41-/m1/s1. The number of carbonyl (C=O) groups excluding carboxylic acids is 1. The molecule has 5 rings (SSSR count). The van der Waals surface area contributed by atoms with Gasteiger partial charge in [0.05, 0.1) is 62.0 Å². The quantitative estimate of drug-likeness (QED) is 0.0362. The number of phosphoric acid groups is 1. The molecule has 4 aromatic rings. The fourth-order valence-corrected chi connectivity index (χ4v) is 8.46. The molecule has 310 valence electrons. The Labute approximate surface area is 348 Å². The number of esters is 1. The third kappa shape index (κ3) is 12.1. The van der Waals surface area contributed by atoms with E-state index in [1.54, 1.807) is 25.2 Å². The van der Waals surface area contributed by atoms with Crippen LogP contribution in [0.15, 0.2) is 111 Å². The van der Waals surface area contributed by atoms with E-state index in [-0.39, 0.29) is 65.5 Å². The molecule has 0 radical (unpaired) electrons. The third-order valence-corrected chi connectivity index (χ3v) is 11.8. The van der Waals surface area contributed by atoms with Crippen LogP contribution in [-0.2, 0) is 51.1 Å². The van der Waals surface area contributed by atoms with Gasteiger partial charge in [-0.25, -0.2) is 32.2 Å². The van der Waals surface area contributed by atoms with Crippen LogP contribution in [0.1, 0.15) is 39.5 Å². The Morgan fingerprint density at radius 1 is 1.08 bits per heavy atom. The molecule has 1 fully saturated rings. The maximum absolute atomic E-state index is 16.0. The van der Waals surface area contributed by atoms with Crippen molar-refractivity contribution in [1.29, 1.82) is 5.26 Å². The highest BCUT2D eigenvalue weighted by atomic mass is 35.5. The van der Waals surface area contributed by atoms with Crippen LogP contribution >= 0.6 is 31.2 Å². The van der Waals surface area contributed by atoms with Crippen molar-refractivity contribution in [3.63, 3.8) is 0 Å². The van der Waals surface area contributed by atoms with E-state index in [0.717, 1.165) is 12.1 Å². The fourth-order valence-electron chi connectivity index (χ4n) is 5.79. The van der Waals surface area contributed by atoms with Gasteiger partial charge < -0.3 is 14.2 Å². The first kappa shape index (κ1) is 45.3. The minimum absolute atomic E-state index is 0.0488. The Kier molecular flexibility index (Phi) is 16.4. The monoisotopic (exact) mass is 870 g/mol. The molecule has 2 heterocycles. The second kappa shape index (κ2) is 21.4. The van der Waals surface area contributed by atoms with Crippen molar-refractivity contribution in [2.24, 2.45) is 0 Å². The number of thioether (sulfide) groups is 1. The van der Waals surface area contributed by atoms with Gasteiger partial charge in [-0.1, -0.05) is 54.1 Å². The summed E-state index contributed by atoms with van der Waals surface area (Å²) >= 11 is 7.84. The van der Waals surface area contributed by atoms with Crippen LogP contribution < -0.4 is 0 Å². The minimum Gasteiger partial charge on any atom is -0.447 e. The average molecular weight is 871 g/mol. The number of benzene rings is 3. The van der Waals surface area contributed by atoms with Crippen molar-refractivity contribution in [1.82, 2.24) is 14.8 Å². The lowest BCUT2D eigenvalue weighted by molar-refractivity contribution is -0.146. The summed E-state index contributed by atoms with van der Waals surface area (Å²) in [7, 11) is -4.21. The molecule has 1 saturated heterocycles. The molecule has 0 saturated carbocycles. The molecular formula is C41H39ClF3N4O8PS. The summed E-state index contributed by atoms with van der Waals surface area (Å²) in [6.45, 7) is 7.96. The van der Waals surface area contributed by atoms with E-state index in [4.69, 9.17) is 44.6 Å². The van der Waals surface area contributed by atoms with Crippen LogP contribution in [0.25, 0.3) is 6.08 Å². The van der Waals surface area contributed by atoms with Crippen molar-refractivity contribution in [2.75, 3.05) is 26.4 Å². The Morgan fingerprint density at radius 2 is 1.83 bits per heavy atom. The van der Waals surface area contributed by atoms with E-state index in [9.17, 15) is 18.1 Å². The lowest BCUT2D eigenvalue weighted by Crippen LogP contribution is -2.47. The van der Waals surface area contributed by atoms with Crippen molar-refractivity contribution in [3.05, 3.63) is 161 Å². The van der Waals surface area contributed by atoms with Crippen LogP contribution in [0.5, 0.6) is 0 Å². The van der Waals surface area contributed by atoms with Crippen LogP contribution in [0.2, 0.25) is 5.02 Å². The van der Waals surface area contributed by atoms with E-state index in [1.807, 2.05) is 6.07 Å². The number of aromatic nitrogens is 3. The molecule has 12 nitrogen and oxygen atoms in total. The maximum Gasteiger partial charge on any atom is 0.475 e. The van der Waals surface area contributed by atoms with Crippen molar-refractivity contribution < 1.29 is 50.3 Å². The highest BCUT2D eigenvalue weighted by Crippen LogP contribution is 2.51. The zero-order chi connectivity index (χ0) is 42.4. The molecule has 1 aliphatic heterocycles. The number of allylic oxidation sites excluding steroid dienone is 2. The molecule has 3 aromatic carbocycles. The molecule has 0 spiro atoms. The van der Waals surface area contributed by atoms with Gasteiger partial charge in [0.2, 0.25) is 0 Å². The van der Waals surface area contributed by atoms with Crippen molar-refractivity contribution in [2.45, 2.75) is 42.5 Å². The zero-order valence-electron chi connectivity index (χ0n) is 31.6. The molecular weight excluding hydrogens is 832 g/mol. The molecule has 0 unspecified atom stereocenters. The number of halogens is 4. The van der Waals surface area contributed by atoms with E-state index < -0.39 is 55.0 Å². The van der Waals surface area contributed by atoms with E-state index in [0.29, 0.717) is 11.6 Å². The lowest BCUT2D eigenvalue weighted by Gasteiger charge is -2.40. The highest BCUT2D eigenvalue weighted by Gasteiger charge is 2.47. The van der Waals surface area contributed by atoms with E-state index in [2.05, 4.69) is 23.2 Å². The summed E-state index contributed by atoms with van der Waals surface area (Å²) in [6.07, 6.45) is 11.0. The van der Waals surface area contributed by atoms with Gasteiger partial charge in [-0.05, 0) is 49.4 Å². The Hall–Kier alpha value is -4.82. The number of nitrogens with zero attached hydrogens (tertiary/aromatic N) is 4. The highest BCUT2D eigenvalue weighted by molar-refractivity contribution is 8.00. The summed E-state index contributed by atoms with van der Waals surface area (Å²) in [5.41, 5.74) is -1.61. The predicted molar refractivity (Wildman–Crippen MR) is 215 cm³/mol. The van der Waals surface area contributed by atoms with Gasteiger partial charge in [-0.2, -0.15) is 10.4 Å². The average Bonchev–Trinajstić information content (AvgIpc) is 3.74. The predicted octanol–water partition coefficient (Wildman–Crippen LogP) is 9.14. The number of nitriles is 1. The van der Waals surface area contributed by atoms with Crippen molar-refractivity contribution >= 4 is 43.2 Å². The fraction of sp³-hybridized carbons (Fsp3) is 0.268. The molecule has 1 aromatic heterocycles. The number of carbonyl (C=O) groups is 1. The summed E-state index contributed by atoms with van der Waals surface area (Å²) in [6, 6.07) is 13.4. The number of hydrogen-bond donors (Lipinski definition) is 0. The Balaban J connectivity index is 1.40. The molecule has 0 aliphatic carbocycles. The number of phosphoric ester groups is 1. The van der Waals surface area contributed by atoms with Crippen LogP contribution in [-0.4, -0.2) is 64.0 Å². The molecule has 0 amide bonds. The van der Waals surface area contributed by atoms with Crippen LogP contribution in [0, 0.1) is 28.8 Å². The maximum atomic E-state index is 16.0. The van der Waals surface area contributed by atoms with Gasteiger partial charge in [0, 0.05) is 33.0 Å². The second-order valence-corrected chi connectivity index (χ2v) is 16.4. The van der Waals surface area contributed by atoms with Crippen molar-refractivity contribution in [3.8, 4) is 6.07 Å². The van der Waals surface area contributed by atoms with Gasteiger partial charge in [-0.15, -0.1) is 24.9 Å². The van der Waals surface area contributed by atoms with Gasteiger partial charge in [0.1, 0.15) is 30.1 Å². The van der Waals surface area contributed by atoms with E-state index >= 15 is 4.39 Å². The Morgan fingerprint density at radius 3 is 2.47 bits per heavy atom. The number of rotatable bonds is 20. The molecule has 18 heteroatoms. The van der Waals surface area contributed by atoms with Gasteiger partial charge >= 0.3 is 13.8 Å². The topological polar surface area (TPSA) is 144 Å². The summed E-state index contributed by atoms with van der Waals surface area (Å²) in [5.74, 6) is -3.36. The molecule has 1 aliphatic rings. The SMILES string of the molecule is C=CCOP(=O)(OCC=C)OCc1c(Cl)cccc1C(=O)O[C@@](Cn1cncn1)(c1ccc(F)cc1F)[C@@H](C)SC1COC(/C=C/C=C/c2ccc(C#N)cc2F)OC1. The summed E-state index contributed by atoms with van der Waals surface area (Å²) < 4.78 is 93.7. The minimum atomic E-state index is -4.21. The lowest BCUT2D eigenvalue weighted by atomic mass is 9.89. The van der Waals surface area contributed by atoms with Crippen LogP contribution in [0.4, 0.5) is 13.2 Å². The van der Waals surface area contributed by atoms with E-state index in [1.165, 1.54) is 83.7 Å². The summed E-state index contributed by atoms with van der Waals surface area (Å²) in [5, 5.41) is 12.0. The number of hydrogen-bond acceptors (Lipinski definition) is 12. The summed E-state index contributed by atoms with van der Waals surface area (Å²) in [4.78, 5) is 18.4. The zero-order valence-corrected chi connectivity index (χ0v) is 34.1. The van der Waals surface area contributed by atoms with Crippen LogP contribution in [0.3, 0.4) is 0 Å².